The third kappa shape index (κ3) is 4.45. The number of hydrogen-bond acceptors (Lipinski definition) is 4. The van der Waals surface area contributed by atoms with Gasteiger partial charge in [-0.2, -0.15) is 0 Å². The second kappa shape index (κ2) is 8.26. The second-order valence-corrected chi connectivity index (χ2v) is 6.84. The number of carbonyl (C=O) groups is 1. The maximum absolute atomic E-state index is 12.9. The van der Waals surface area contributed by atoms with Crippen LogP contribution in [-0.2, 0) is 22.5 Å². The van der Waals surface area contributed by atoms with E-state index in [1.165, 1.54) is 11.1 Å². The van der Waals surface area contributed by atoms with Gasteiger partial charge in [-0.25, -0.2) is 0 Å². The Balaban J connectivity index is 1.79. The van der Waals surface area contributed by atoms with Gasteiger partial charge in [-0.3, -0.25) is 14.7 Å². The van der Waals surface area contributed by atoms with Crippen molar-refractivity contribution in [3.8, 4) is 0 Å². The maximum Gasteiger partial charge on any atom is 0.313 e. The predicted molar refractivity (Wildman–Crippen MR) is 98.0 cm³/mol. The Morgan fingerprint density at radius 3 is 2.72 bits per heavy atom. The Morgan fingerprint density at radius 2 is 2.00 bits per heavy atom. The van der Waals surface area contributed by atoms with Crippen LogP contribution in [0.1, 0.15) is 30.9 Å². The number of rotatable bonds is 6. The van der Waals surface area contributed by atoms with Crippen LogP contribution in [0.3, 0.4) is 0 Å². The zero-order chi connectivity index (χ0) is 17.5. The van der Waals surface area contributed by atoms with E-state index in [9.17, 15) is 4.79 Å². The Morgan fingerprint density at radius 1 is 1.20 bits per heavy atom. The van der Waals surface area contributed by atoms with Gasteiger partial charge in [0.1, 0.15) is 0 Å². The molecular formula is C21H26N2O2. The SMILES string of the molecule is CCOC(=O)[C@@]1(Cc2ccccc2)CCCN(Cc2cccnc2)C1. The first-order valence-electron chi connectivity index (χ1n) is 9.04. The summed E-state index contributed by atoms with van der Waals surface area (Å²) in [6.45, 7) is 4.87. The molecular weight excluding hydrogens is 312 g/mol. The van der Waals surface area contributed by atoms with Crippen molar-refractivity contribution >= 4 is 5.97 Å². The van der Waals surface area contributed by atoms with Crippen molar-refractivity contribution in [1.29, 1.82) is 0 Å². The van der Waals surface area contributed by atoms with Crippen LogP contribution in [0, 0.1) is 5.41 Å². The third-order valence-electron chi connectivity index (χ3n) is 4.88. The molecule has 0 radical (unpaired) electrons. The van der Waals surface area contributed by atoms with Gasteiger partial charge in [0, 0.05) is 25.5 Å². The fraction of sp³-hybridized carbons (Fsp3) is 0.429. The molecule has 0 amide bonds. The van der Waals surface area contributed by atoms with Crippen LogP contribution in [-0.4, -0.2) is 35.5 Å². The third-order valence-corrected chi connectivity index (χ3v) is 4.88. The average Bonchev–Trinajstić information content (AvgIpc) is 2.64. The molecule has 3 rings (SSSR count). The van der Waals surface area contributed by atoms with Crippen molar-refractivity contribution in [2.24, 2.45) is 5.41 Å². The van der Waals surface area contributed by atoms with Gasteiger partial charge < -0.3 is 4.74 Å². The molecule has 1 aromatic heterocycles. The first kappa shape index (κ1) is 17.6. The normalized spacial score (nSPS) is 21.0. The van der Waals surface area contributed by atoms with E-state index in [0.29, 0.717) is 6.61 Å². The van der Waals surface area contributed by atoms with Crippen LogP contribution in [0.25, 0.3) is 0 Å². The predicted octanol–water partition coefficient (Wildman–Crippen LogP) is 3.47. The highest BCUT2D eigenvalue weighted by atomic mass is 16.5. The van der Waals surface area contributed by atoms with Gasteiger partial charge in [0.15, 0.2) is 0 Å². The molecule has 1 aromatic carbocycles. The Hall–Kier alpha value is -2.20. The number of benzene rings is 1. The van der Waals surface area contributed by atoms with Crippen molar-refractivity contribution < 1.29 is 9.53 Å². The monoisotopic (exact) mass is 338 g/mol. The number of ether oxygens (including phenoxy) is 1. The van der Waals surface area contributed by atoms with E-state index in [2.05, 4.69) is 28.1 Å². The van der Waals surface area contributed by atoms with Crippen molar-refractivity contribution in [2.45, 2.75) is 32.7 Å². The zero-order valence-electron chi connectivity index (χ0n) is 14.9. The van der Waals surface area contributed by atoms with Gasteiger partial charge in [0.05, 0.1) is 12.0 Å². The Kier molecular flexibility index (Phi) is 5.82. The molecule has 132 valence electrons. The van der Waals surface area contributed by atoms with Crippen LogP contribution in [0.15, 0.2) is 54.9 Å². The molecule has 0 aliphatic carbocycles. The average molecular weight is 338 g/mol. The lowest BCUT2D eigenvalue weighted by Gasteiger charge is -2.41. The quantitative estimate of drug-likeness (QED) is 0.757. The van der Waals surface area contributed by atoms with Gasteiger partial charge in [0.25, 0.3) is 0 Å². The number of hydrogen-bond donors (Lipinski definition) is 0. The fourth-order valence-corrected chi connectivity index (χ4v) is 3.77. The van der Waals surface area contributed by atoms with E-state index in [-0.39, 0.29) is 5.97 Å². The summed E-state index contributed by atoms with van der Waals surface area (Å²) in [5.74, 6) is -0.0604. The lowest BCUT2D eigenvalue weighted by atomic mass is 9.75. The largest absolute Gasteiger partial charge is 0.466 e. The topological polar surface area (TPSA) is 42.4 Å². The number of pyridine rings is 1. The molecule has 25 heavy (non-hydrogen) atoms. The molecule has 0 N–H and O–H groups in total. The second-order valence-electron chi connectivity index (χ2n) is 6.84. The lowest BCUT2D eigenvalue weighted by Crippen LogP contribution is -2.49. The standard InChI is InChI=1S/C21H26N2O2/c1-2-25-20(24)21(14-18-8-4-3-5-9-18)11-7-13-23(17-21)16-19-10-6-12-22-15-19/h3-6,8-10,12,15H,2,7,11,13-14,16-17H2,1H3/t21-/m1/s1. The highest BCUT2D eigenvalue weighted by molar-refractivity contribution is 5.77. The first-order valence-corrected chi connectivity index (χ1v) is 9.04. The minimum Gasteiger partial charge on any atom is -0.466 e. The smallest absolute Gasteiger partial charge is 0.313 e. The van der Waals surface area contributed by atoms with Crippen LogP contribution >= 0.6 is 0 Å². The lowest BCUT2D eigenvalue weighted by molar-refractivity contribution is -0.159. The molecule has 1 aliphatic rings. The summed E-state index contributed by atoms with van der Waals surface area (Å²) < 4.78 is 5.48. The summed E-state index contributed by atoms with van der Waals surface area (Å²) in [6.07, 6.45) is 6.31. The molecule has 1 aliphatic heterocycles. The van der Waals surface area contributed by atoms with Gasteiger partial charge in [-0.05, 0) is 49.9 Å². The summed E-state index contributed by atoms with van der Waals surface area (Å²) in [5.41, 5.74) is 1.92. The van der Waals surface area contributed by atoms with E-state index in [1.54, 1.807) is 6.20 Å². The van der Waals surface area contributed by atoms with Crippen LogP contribution < -0.4 is 0 Å². The van der Waals surface area contributed by atoms with E-state index in [0.717, 1.165) is 38.9 Å². The van der Waals surface area contributed by atoms with E-state index < -0.39 is 5.41 Å². The van der Waals surface area contributed by atoms with Gasteiger partial charge >= 0.3 is 5.97 Å². The number of likely N-dealkylation sites (tertiary alicyclic amines) is 1. The van der Waals surface area contributed by atoms with Crippen molar-refractivity contribution in [3.05, 3.63) is 66.0 Å². The van der Waals surface area contributed by atoms with Crippen LogP contribution in [0.2, 0.25) is 0 Å². The molecule has 0 unspecified atom stereocenters. The van der Waals surface area contributed by atoms with E-state index in [1.807, 2.05) is 37.4 Å². The Bertz CT molecular complexity index is 675. The molecule has 0 spiro atoms. The van der Waals surface area contributed by atoms with Crippen LogP contribution in [0.4, 0.5) is 0 Å². The maximum atomic E-state index is 12.9. The van der Waals surface area contributed by atoms with Crippen LogP contribution in [0.5, 0.6) is 0 Å². The Labute approximate surface area is 149 Å². The number of esters is 1. The van der Waals surface area contributed by atoms with Crippen molar-refractivity contribution in [2.75, 3.05) is 19.7 Å². The number of piperidine rings is 1. The molecule has 1 fully saturated rings. The molecule has 1 atom stereocenters. The molecule has 0 saturated carbocycles. The summed E-state index contributed by atoms with van der Waals surface area (Å²) >= 11 is 0. The number of carbonyl (C=O) groups excluding carboxylic acids is 1. The molecule has 4 nitrogen and oxygen atoms in total. The molecule has 0 bridgehead atoms. The van der Waals surface area contributed by atoms with Gasteiger partial charge in [-0.15, -0.1) is 0 Å². The molecule has 2 heterocycles. The van der Waals surface area contributed by atoms with Gasteiger partial charge in [0.2, 0.25) is 0 Å². The highest BCUT2D eigenvalue weighted by Crippen LogP contribution is 2.35. The number of aromatic nitrogens is 1. The molecule has 4 heteroatoms. The molecule has 2 aromatic rings. The fourth-order valence-electron chi connectivity index (χ4n) is 3.77. The minimum absolute atomic E-state index is 0.0604. The highest BCUT2D eigenvalue weighted by Gasteiger charge is 2.43. The summed E-state index contributed by atoms with van der Waals surface area (Å²) in [6, 6.07) is 14.3. The summed E-state index contributed by atoms with van der Waals surface area (Å²) in [4.78, 5) is 19.4. The number of nitrogens with zero attached hydrogens (tertiary/aromatic N) is 2. The minimum atomic E-state index is -0.460. The zero-order valence-corrected chi connectivity index (χ0v) is 14.9. The van der Waals surface area contributed by atoms with E-state index in [4.69, 9.17) is 4.74 Å². The van der Waals surface area contributed by atoms with Crippen molar-refractivity contribution in [3.63, 3.8) is 0 Å². The van der Waals surface area contributed by atoms with Crippen molar-refractivity contribution in [1.82, 2.24) is 9.88 Å². The van der Waals surface area contributed by atoms with Gasteiger partial charge in [-0.1, -0.05) is 36.4 Å². The summed E-state index contributed by atoms with van der Waals surface area (Å²) in [5, 5.41) is 0. The first-order chi connectivity index (χ1) is 12.2. The van der Waals surface area contributed by atoms with E-state index >= 15 is 0 Å². The summed E-state index contributed by atoms with van der Waals surface area (Å²) in [7, 11) is 0. The molecule has 1 saturated heterocycles.